The van der Waals surface area contributed by atoms with Gasteiger partial charge in [-0.05, 0) is 20.8 Å². The van der Waals surface area contributed by atoms with E-state index in [2.05, 4.69) is 0 Å². The third-order valence-corrected chi connectivity index (χ3v) is 2.42. The zero-order valence-corrected chi connectivity index (χ0v) is 10.1. The number of hydrogen-bond acceptors (Lipinski definition) is 2. The zero-order valence-electron chi connectivity index (χ0n) is 9.23. The van der Waals surface area contributed by atoms with E-state index in [1.807, 2.05) is 51.1 Å². The van der Waals surface area contributed by atoms with Gasteiger partial charge in [0, 0.05) is 5.30 Å². The van der Waals surface area contributed by atoms with Crippen LogP contribution in [0, 0.1) is 0 Å². The molecule has 0 amide bonds. The predicted octanol–water partition coefficient (Wildman–Crippen LogP) is 2.40. The van der Waals surface area contributed by atoms with Crippen LogP contribution in [0.2, 0.25) is 0 Å². The molecule has 0 fully saturated rings. The first-order valence-corrected chi connectivity index (χ1v) is 5.76. The summed E-state index contributed by atoms with van der Waals surface area (Å²) in [7, 11) is 0.870. The Labute approximate surface area is 92.1 Å². The van der Waals surface area contributed by atoms with Crippen LogP contribution in [0.4, 0.5) is 0 Å². The molecule has 0 saturated heterocycles. The minimum atomic E-state index is -0.417. The SMILES string of the molecule is CC(C)(C)OC(=O)C=Pc1ccccc1. The van der Waals surface area contributed by atoms with Crippen molar-refractivity contribution in [1.82, 2.24) is 0 Å². The van der Waals surface area contributed by atoms with E-state index in [0.29, 0.717) is 0 Å². The molecule has 80 valence electrons. The van der Waals surface area contributed by atoms with Gasteiger partial charge in [0.05, 0.1) is 5.80 Å². The molecule has 0 aliphatic rings. The van der Waals surface area contributed by atoms with Crippen LogP contribution in [0.5, 0.6) is 0 Å². The molecule has 0 radical (unpaired) electrons. The summed E-state index contributed by atoms with van der Waals surface area (Å²) >= 11 is 0. The summed E-state index contributed by atoms with van der Waals surface area (Å²) in [6.45, 7) is 5.58. The number of ether oxygens (including phenoxy) is 1. The first kappa shape index (κ1) is 11.9. The molecule has 0 aliphatic carbocycles. The first-order valence-electron chi connectivity index (χ1n) is 4.79. The van der Waals surface area contributed by atoms with Gasteiger partial charge in [-0.3, -0.25) is 0 Å². The molecule has 0 atom stereocenters. The second-order valence-corrected chi connectivity index (χ2v) is 5.16. The highest BCUT2D eigenvalue weighted by Crippen LogP contribution is 2.07. The lowest BCUT2D eigenvalue weighted by Gasteiger charge is -2.17. The van der Waals surface area contributed by atoms with Gasteiger partial charge in [-0.1, -0.05) is 38.5 Å². The van der Waals surface area contributed by atoms with Crippen molar-refractivity contribution in [3.8, 4) is 0 Å². The molecule has 0 aliphatic heterocycles. The Balaban J connectivity index is 2.56. The Morgan fingerprint density at radius 1 is 1.27 bits per heavy atom. The maximum absolute atomic E-state index is 11.3. The van der Waals surface area contributed by atoms with Crippen molar-refractivity contribution in [2.24, 2.45) is 0 Å². The third-order valence-electron chi connectivity index (χ3n) is 1.48. The van der Waals surface area contributed by atoms with Gasteiger partial charge >= 0.3 is 5.97 Å². The average molecular weight is 222 g/mol. The van der Waals surface area contributed by atoms with E-state index in [9.17, 15) is 4.79 Å². The molecular weight excluding hydrogens is 207 g/mol. The van der Waals surface area contributed by atoms with Crippen molar-refractivity contribution >= 4 is 25.3 Å². The summed E-state index contributed by atoms with van der Waals surface area (Å²) in [5.41, 5.74) is -0.417. The largest absolute Gasteiger partial charge is 0.457 e. The molecule has 1 aromatic carbocycles. The molecule has 0 heterocycles. The number of benzene rings is 1. The highest BCUT2D eigenvalue weighted by Gasteiger charge is 2.13. The summed E-state index contributed by atoms with van der Waals surface area (Å²) in [5.74, 6) is 1.27. The Morgan fingerprint density at radius 3 is 2.40 bits per heavy atom. The van der Waals surface area contributed by atoms with Gasteiger partial charge in [-0.25, -0.2) is 4.79 Å². The molecule has 0 aromatic heterocycles. The summed E-state index contributed by atoms with van der Waals surface area (Å²) in [4.78, 5) is 11.3. The number of rotatable bonds is 2. The van der Waals surface area contributed by atoms with Crippen LogP contribution < -0.4 is 5.30 Å². The third kappa shape index (κ3) is 5.34. The smallest absolute Gasteiger partial charge is 0.335 e. The lowest BCUT2D eigenvalue weighted by molar-refractivity contribution is -0.145. The van der Waals surface area contributed by atoms with Crippen molar-refractivity contribution in [2.45, 2.75) is 26.4 Å². The van der Waals surface area contributed by atoms with E-state index in [0.717, 1.165) is 13.5 Å². The Kier molecular flexibility index (Phi) is 4.05. The summed E-state index contributed by atoms with van der Waals surface area (Å²) in [6.07, 6.45) is 0. The number of carbonyl (C=O) groups is 1. The van der Waals surface area contributed by atoms with Crippen molar-refractivity contribution in [1.29, 1.82) is 0 Å². The fourth-order valence-electron chi connectivity index (χ4n) is 0.969. The van der Waals surface area contributed by atoms with E-state index in [4.69, 9.17) is 4.74 Å². The number of hydrogen-bond donors (Lipinski definition) is 0. The quantitative estimate of drug-likeness (QED) is 0.567. The monoisotopic (exact) mass is 222 g/mol. The highest BCUT2D eigenvalue weighted by molar-refractivity contribution is 7.49. The minimum absolute atomic E-state index is 0.270. The van der Waals surface area contributed by atoms with Crippen LogP contribution >= 0.6 is 8.20 Å². The molecule has 1 rings (SSSR count). The van der Waals surface area contributed by atoms with Crippen molar-refractivity contribution in [3.63, 3.8) is 0 Å². The van der Waals surface area contributed by atoms with Crippen LogP contribution in [-0.2, 0) is 9.53 Å². The minimum Gasteiger partial charge on any atom is -0.457 e. The van der Waals surface area contributed by atoms with Gasteiger partial charge in [0.1, 0.15) is 5.60 Å². The molecule has 0 saturated carbocycles. The maximum Gasteiger partial charge on any atom is 0.335 e. The summed E-state index contributed by atoms with van der Waals surface area (Å²) in [6, 6.07) is 9.80. The Bertz CT molecular complexity index is 350. The highest BCUT2D eigenvalue weighted by atomic mass is 31.1. The molecule has 3 heteroatoms. The molecule has 15 heavy (non-hydrogen) atoms. The molecule has 2 nitrogen and oxygen atoms in total. The molecule has 0 N–H and O–H groups in total. The summed E-state index contributed by atoms with van der Waals surface area (Å²) in [5, 5.41) is 1.09. The van der Waals surface area contributed by atoms with E-state index in [1.165, 1.54) is 0 Å². The summed E-state index contributed by atoms with van der Waals surface area (Å²) < 4.78 is 5.16. The molecule has 0 bridgehead atoms. The van der Waals surface area contributed by atoms with E-state index >= 15 is 0 Å². The number of esters is 1. The van der Waals surface area contributed by atoms with Gasteiger partial charge in [0.2, 0.25) is 0 Å². The van der Waals surface area contributed by atoms with Crippen molar-refractivity contribution in [2.75, 3.05) is 0 Å². The fourth-order valence-corrected chi connectivity index (χ4v) is 1.62. The molecular formula is C12H15O2P. The van der Waals surface area contributed by atoms with Gasteiger partial charge in [-0.2, -0.15) is 0 Å². The van der Waals surface area contributed by atoms with E-state index < -0.39 is 5.60 Å². The van der Waals surface area contributed by atoms with Gasteiger partial charge in [0.15, 0.2) is 0 Å². The van der Waals surface area contributed by atoms with Gasteiger partial charge < -0.3 is 4.74 Å². The fraction of sp³-hybridized carbons (Fsp3) is 0.333. The topological polar surface area (TPSA) is 26.3 Å². The standard InChI is InChI=1S/C12H15O2P/c1-12(2,3)14-11(13)9-15-10-7-5-4-6-8-10/h4-9H,1-3H3. The lowest BCUT2D eigenvalue weighted by Crippen LogP contribution is -2.24. The molecule has 1 aromatic rings. The van der Waals surface area contributed by atoms with E-state index in [1.54, 1.807) is 5.80 Å². The molecule has 0 spiro atoms. The van der Waals surface area contributed by atoms with Crippen LogP contribution in [0.15, 0.2) is 30.3 Å². The van der Waals surface area contributed by atoms with Crippen molar-refractivity contribution in [3.05, 3.63) is 30.3 Å². The van der Waals surface area contributed by atoms with Crippen LogP contribution in [-0.4, -0.2) is 17.4 Å². The Morgan fingerprint density at radius 2 is 1.87 bits per heavy atom. The van der Waals surface area contributed by atoms with Gasteiger partial charge in [-0.15, -0.1) is 0 Å². The predicted molar refractivity (Wildman–Crippen MR) is 64.9 cm³/mol. The van der Waals surface area contributed by atoms with Crippen LogP contribution in [0.25, 0.3) is 0 Å². The normalized spacial score (nSPS) is 11.7. The first-order chi connectivity index (χ1) is 6.97. The number of carbonyl (C=O) groups excluding carboxylic acids is 1. The zero-order chi connectivity index (χ0) is 11.3. The second-order valence-electron chi connectivity index (χ2n) is 4.13. The average Bonchev–Trinajstić information content (AvgIpc) is 2.14. The van der Waals surface area contributed by atoms with Crippen molar-refractivity contribution < 1.29 is 9.53 Å². The lowest BCUT2D eigenvalue weighted by atomic mass is 10.2. The van der Waals surface area contributed by atoms with Gasteiger partial charge in [0.25, 0.3) is 0 Å². The van der Waals surface area contributed by atoms with Crippen LogP contribution in [0.1, 0.15) is 20.8 Å². The molecule has 0 unspecified atom stereocenters. The van der Waals surface area contributed by atoms with Crippen LogP contribution in [0.3, 0.4) is 0 Å². The second kappa shape index (κ2) is 5.09. The maximum atomic E-state index is 11.3. The Hall–Kier alpha value is -1.14. The van der Waals surface area contributed by atoms with E-state index in [-0.39, 0.29) is 5.97 Å².